The van der Waals surface area contributed by atoms with Crippen molar-refractivity contribution in [2.45, 2.75) is 52.4 Å². The molecule has 4 aromatic heterocycles. The summed E-state index contributed by atoms with van der Waals surface area (Å²) in [5.41, 5.74) is 17.1. The van der Waals surface area contributed by atoms with Gasteiger partial charge in [0.2, 0.25) is 0 Å². The SMILES string of the molecule is CCCCc1ccc2c(c1)c1cc(I)ccc1n2-c1cccc(-n2c3ccccc3c3c2ccc2c4ccccc4n(-c4cccc(-n5c6ccc(I)cc6c6cc(CCCC)ccc65)c4)c23)c1. The van der Waals surface area contributed by atoms with Crippen molar-refractivity contribution in [3.8, 4) is 22.7 Å². The average molecular weight is 1100 g/mol. The van der Waals surface area contributed by atoms with Crippen molar-refractivity contribution in [3.05, 3.63) is 200 Å². The third-order valence-corrected chi connectivity index (χ3v) is 15.7. The third-order valence-electron chi connectivity index (χ3n) is 14.4. The molecule has 0 atom stereocenters. The van der Waals surface area contributed by atoms with Gasteiger partial charge in [-0.3, -0.25) is 0 Å². The highest BCUT2D eigenvalue weighted by molar-refractivity contribution is 14.1. The first-order valence-corrected chi connectivity index (χ1v) is 26.3. The highest BCUT2D eigenvalue weighted by Gasteiger charge is 2.23. The number of hydrogen-bond acceptors (Lipinski definition) is 0. The summed E-state index contributed by atoms with van der Waals surface area (Å²) < 4.78 is 12.4. The standard InChI is InChI=1S/C62H48I2N4/c1-3-5-13-39-23-28-56-50(33-39)52-35-41(63)25-30-58(52)65(56)43-15-11-17-45(37-43)67-55-22-10-8-20-49(55)61-60(67)32-27-48-47-19-7-9-21-54(47)68(62(48)61)46-18-12-16-44(38-46)66-57-29-24-40(14-6-4-2)34-51(57)53-36-42(64)26-31-59(53)66/h7-12,15-38H,3-6,13-14H2,1-2H3. The van der Waals surface area contributed by atoms with Gasteiger partial charge in [0, 0.05) is 73.0 Å². The lowest BCUT2D eigenvalue weighted by Gasteiger charge is -2.14. The smallest absolute Gasteiger partial charge is 0.0641 e. The van der Waals surface area contributed by atoms with Crippen molar-refractivity contribution < 1.29 is 0 Å². The molecule has 13 rings (SSSR count). The number of rotatable bonds is 10. The van der Waals surface area contributed by atoms with Crippen LogP contribution < -0.4 is 0 Å². The minimum Gasteiger partial charge on any atom is -0.309 e. The van der Waals surface area contributed by atoms with Crippen LogP contribution in [0.25, 0.3) is 110 Å². The second-order valence-corrected chi connectivity index (χ2v) is 21.0. The normalized spacial score (nSPS) is 12.2. The summed E-state index contributed by atoms with van der Waals surface area (Å²) in [6.45, 7) is 4.55. The number of aryl methyl sites for hydroxylation is 2. The van der Waals surface area contributed by atoms with Gasteiger partial charge in [0.05, 0.1) is 44.1 Å². The number of unbranched alkanes of at least 4 members (excludes halogenated alkanes) is 2. The van der Waals surface area contributed by atoms with Gasteiger partial charge < -0.3 is 18.3 Å². The lowest BCUT2D eigenvalue weighted by atomic mass is 10.0. The Balaban J connectivity index is 1.03. The summed E-state index contributed by atoms with van der Waals surface area (Å²) in [7, 11) is 0. The fourth-order valence-electron chi connectivity index (χ4n) is 11.3. The Hall–Kier alpha value is -6.36. The molecule has 13 aromatic rings. The molecule has 0 radical (unpaired) electrons. The first kappa shape index (κ1) is 41.8. The summed E-state index contributed by atoms with van der Waals surface area (Å²) >= 11 is 4.92. The maximum atomic E-state index is 2.53. The molecule has 0 aliphatic heterocycles. The molecule has 4 heterocycles. The Kier molecular flexibility index (Phi) is 10.3. The predicted molar refractivity (Wildman–Crippen MR) is 306 cm³/mol. The van der Waals surface area contributed by atoms with Crippen molar-refractivity contribution in [3.63, 3.8) is 0 Å². The number of fused-ring (bicyclic) bond motifs is 13. The van der Waals surface area contributed by atoms with E-state index < -0.39 is 0 Å². The van der Waals surface area contributed by atoms with Crippen molar-refractivity contribution in [2.75, 3.05) is 0 Å². The minimum absolute atomic E-state index is 1.10. The number of halogens is 2. The number of aromatic nitrogens is 4. The monoisotopic (exact) mass is 1100 g/mol. The molecule has 0 bridgehead atoms. The van der Waals surface area contributed by atoms with E-state index in [1.54, 1.807) is 0 Å². The van der Waals surface area contributed by atoms with E-state index in [0.29, 0.717) is 0 Å². The molecule has 0 saturated heterocycles. The van der Waals surface area contributed by atoms with Crippen molar-refractivity contribution in [1.82, 2.24) is 18.3 Å². The summed E-state index contributed by atoms with van der Waals surface area (Å²) in [4.78, 5) is 0. The number of benzene rings is 9. The summed E-state index contributed by atoms with van der Waals surface area (Å²) in [6.07, 6.45) is 6.98. The van der Waals surface area contributed by atoms with Gasteiger partial charge in [-0.1, -0.05) is 93.4 Å². The van der Waals surface area contributed by atoms with Crippen LogP contribution >= 0.6 is 45.2 Å². The molecule has 68 heavy (non-hydrogen) atoms. The zero-order valence-electron chi connectivity index (χ0n) is 38.1. The largest absolute Gasteiger partial charge is 0.309 e. The Labute approximate surface area is 422 Å². The van der Waals surface area contributed by atoms with Gasteiger partial charge in [-0.15, -0.1) is 0 Å². The Bertz CT molecular complexity index is 4160. The molecule has 4 nitrogen and oxygen atoms in total. The second kappa shape index (κ2) is 16.7. The van der Waals surface area contributed by atoms with Gasteiger partial charge in [-0.05, 0) is 197 Å². The Morgan fingerprint density at radius 1 is 0.324 bits per heavy atom. The van der Waals surface area contributed by atoms with Crippen LogP contribution in [0, 0.1) is 7.14 Å². The molecular weight excluding hydrogens is 1050 g/mol. The highest BCUT2D eigenvalue weighted by atomic mass is 127. The molecule has 0 fully saturated rings. The van der Waals surface area contributed by atoms with E-state index in [1.165, 1.54) is 131 Å². The van der Waals surface area contributed by atoms with Crippen LogP contribution in [-0.2, 0) is 12.8 Å². The van der Waals surface area contributed by atoms with Crippen LogP contribution in [0.3, 0.4) is 0 Å². The zero-order valence-corrected chi connectivity index (χ0v) is 42.4. The van der Waals surface area contributed by atoms with Crippen LogP contribution in [0.5, 0.6) is 0 Å². The molecule has 0 N–H and O–H groups in total. The minimum atomic E-state index is 1.10. The molecule has 9 aromatic carbocycles. The van der Waals surface area contributed by atoms with Gasteiger partial charge >= 0.3 is 0 Å². The van der Waals surface area contributed by atoms with E-state index in [4.69, 9.17) is 0 Å². The molecule has 0 aliphatic rings. The molecular formula is C62H48I2N4. The maximum Gasteiger partial charge on any atom is 0.0641 e. The van der Waals surface area contributed by atoms with Gasteiger partial charge in [-0.25, -0.2) is 0 Å². The average Bonchev–Trinajstić information content (AvgIpc) is 4.09. The third kappa shape index (κ3) is 6.57. The number of para-hydroxylation sites is 2. The van der Waals surface area contributed by atoms with Crippen LogP contribution in [0.15, 0.2) is 182 Å². The number of nitrogens with zero attached hydrogens (tertiary/aromatic N) is 4. The van der Waals surface area contributed by atoms with E-state index in [9.17, 15) is 0 Å². The molecule has 0 unspecified atom stereocenters. The molecule has 0 amide bonds. The lowest BCUT2D eigenvalue weighted by Crippen LogP contribution is -1.99. The van der Waals surface area contributed by atoms with Crippen LogP contribution in [0.4, 0.5) is 0 Å². The van der Waals surface area contributed by atoms with E-state index in [2.05, 4.69) is 259 Å². The second-order valence-electron chi connectivity index (χ2n) is 18.5. The maximum absolute atomic E-state index is 2.53. The van der Waals surface area contributed by atoms with Gasteiger partial charge in [0.15, 0.2) is 0 Å². The lowest BCUT2D eigenvalue weighted by molar-refractivity contribution is 0.796. The van der Waals surface area contributed by atoms with Crippen molar-refractivity contribution in [1.29, 1.82) is 0 Å². The van der Waals surface area contributed by atoms with Crippen molar-refractivity contribution >= 4 is 132 Å². The van der Waals surface area contributed by atoms with Crippen LogP contribution in [0.1, 0.15) is 50.7 Å². The highest BCUT2D eigenvalue weighted by Crippen LogP contribution is 2.43. The summed E-state index contributed by atoms with van der Waals surface area (Å²) in [5, 5.41) is 10.2. The van der Waals surface area contributed by atoms with E-state index in [1.807, 2.05) is 0 Å². The molecule has 0 spiro atoms. The fourth-order valence-corrected chi connectivity index (χ4v) is 12.3. The fraction of sp³-hybridized carbons (Fsp3) is 0.129. The van der Waals surface area contributed by atoms with E-state index >= 15 is 0 Å². The Morgan fingerprint density at radius 3 is 1.26 bits per heavy atom. The predicted octanol–water partition coefficient (Wildman–Crippen LogP) is 18.0. The molecule has 0 aliphatic carbocycles. The van der Waals surface area contributed by atoms with Gasteiger partial charge in [0.25, 0.3) is 0 Å². The first-order valence-electron chi connectivity index (χ1n) is 24.1. The summed E-state index contributed by atoms with van der Waals surface area (Å²) in [6, 6.07) is 69.0. The number of hydrogen-bond donors (Lipinski definition) is 0. The molecule has 330 valence electrons. The molecule has 6 heteroatoms. The van der Waals surface area contributed by atoms with Crippen LogP contribution in [-0.4, -0.2) is 18.3 Å². The van der Waals surface area contributed by atoms with Gasteiger partial charge in [0.1, 0.15) is 0 Å². The summed E-state index contributed by atoms with van der Waals surface area (Å²) in [5.74, 6) is 0. The van der Waals surface area contributed by atoms with Crippen LogP contribution in [0.2, 0.25) is 0 Å². The topological polar surface area (TPSA) is 19.7 Å². The molecule has 0 saturated carbocycles. The zero-order chi connectivity index (χ0) is 45.6. The first-order chi connectivity index (χ1) is 33.5. The Morgan fingerprint density at radius 2 is 0.735 bits per heavy atom. The van der Waals surface area contributed by atoms with Crippen molar-refractivity contribution in [2.24, 2.45) is 0 Å². The van der Waals surface area contributed by atoms with E-state index in [-0.39, 0.29) is 0 Å². The van der Waals surface area contributed by atoms with E-state index in [0.717, 1.165) is 35.6 Å². The quantitative estimate of drug-likeness (QED) is 0.122. The van der Waals surface area contributed by atoms with Gasteiger partial charge in [-0.2, -0.15) is 0 Å².